The molecule has 1 N–H and O–H groups in total. The van der Waals surface area contributed by atoms with Gasteiger partial charge in [0, 0.05) is 6.61 Å². The van der Waals surface area contributed by atoms with Gasteiger partial charge in [-0.15, -0.1) is 0 Å². The van der Waals surface area contributed by atoms with Gasteiger partial charge in [-0.2, -0.15) is 0 Å². The van der Waals surface area contributed by atoms with Crippen molar-refractivity contribution in [3.05, 3.63) is 0 Å². The SMILES string of the molecule is CCC(C)(CCO)C(=O)OC. The number of methoxy groups -OCH3 is 1. The molecule has 0 bridgehead atoms. The maximum atomic E-state index is 11.1. The monoisotopic (exact) mass is 160 g/mol. The number of aliphatic hydroxyl groups excluding tert-OH is 1. The summed E-state index contributed by atoms with van der Waals surface area (Å²) in [6.07, 6.45) is 1.16. The van der Waals surface area contributed by atoms with Crippen LogP contribution in [0.2, 0.25) is 0 Å². The average molecular weight is 160 g/mol. The fourth-order valence-electron chi connectivity index (χ4n) is 0.916. The lowest BCUT2D eigenvalue weighted by molar-refractivity contribution is -0.152. The molecule has 0 aromatic carbocycles. The van der Waals surface area contributed by atoms with Crippen LogP contribution in [0.1, 0.15) is 26.7 Å². The van der Waals surface area contributed by atoms with Crippen LogP contribution in [0.25, 0.3) is 0 Å². The van der Waals surface area contributed by atoms with Crippen LogP contribution in [-0.4, -0.2) is 24.8 Å². The second kappa shape index (κ2) is 4.34. The molecule has 0 amide bonds. The van der Waals surface area contributed by atoms with E-state index < -0.39 is 5.41 Å². The molecule has 0 rings (SSSR count). The van der Waals surface area contributed by atoms with E-state index in [9.17, 15) is 4.79 Å². The molecule has 0 aromatic rings. The van der Waals surface area contributed by atoms with Gasteiger partial charge >= 0.3 is 5.97 Å². The lowest BCUT2D eigenvalue weighted by Gasteiger charge is -2.23. The van der Waals surface area contributed by atoms with E-state index in [2.05, 4.69) is 4.74 Å². The van der Waals surface area contributed by atoms with Crippen LogP contribution < -0.4 is 0 Å². The number of rotatable bonds is 4. The van der Waals surface area contributed by atoms with Gasteiger partial charge < -0.3 is 9.84 Å². The van der Waals surface area contributed by atoms with E-state index in [0.29, 0.717) is 12.8 Å². The number of ether oxygens (including phenoxy) is 1. The van der Waals surface area contributed by atoms with Gasteiger partial charge in [-0.1, -0.05) is 6.92 Å². The number of hydrogen-bond acceptors (Lipinski definition) is 3. The Hall–Kier alpha value is -0.570. The highest BCUT2D eigenvalue weighted by molar-refractivity contribution is 5.76. The maximum Gasteiger partial charge on any atom is 0.311 e. The third-order valence-corrected chi connectivity index (χ3v) is 2.12. The number of carbonyl (C=O) groups is 1. The molecule has 1 atom stereocenters. The molecule has 0 fully saturated rings. The topological polar surface area (TPSA) is 46.5 Å². The first-order valence-corrected chi connectivity index (χ1v) is 3.80. The third kappa shape index (κ3) is 2.50. The van der Waals surface area contributed by atoms with Gasteiger partial charge in [0.05, 0.1) is 12.5 Å². The van der Waals surface area contributed by atoms with Gasteiger partial charge in [-0.25, -0.2) is 0 Å². The predicted molar refractivity (Wildman–Crippen MR) is 42.1 cm³/mol. The molecule has 0 heterocycles. The van der Waals surface area contributed by atoms with Crippen molar-refractivity contribution >= 4 is 5.97 Å². The van der Waals surface area contributed by atoms with E-state index in [1.807, 2.05) is 6.92 Å². The van der Waals surface area contributed by atoms with Gasteiger partial charge in [-0.05, 0) is 19.8 Å². The summed E-state index contributed by atoms with van der Waals surface area (Å²) in [5, 5.41) is 8.67. The molecular formula is C8H16O3. The maximum absolute atomic E-state index is 11.1. The molecule has 0 aliphatic heterocycles. The number of esters is 1. The quantitative estimate of drug-likeness (QED) is 0.623. The molecule has 0 aliphatic carbocycles. The fraction of sp³-hybridized carbons (Fsp3) is 0.875. The second-order valence-corrected chi connectivity index (χ2v) is 2.88. The van der Waals surface area contributed by atoms with E-state index in [-0.39, 0.29) is 12.6 Å². The molecule has 3 nitrogen and oxygen atoms in total. The Morgan fingerprint density at radius 1 is 1.64 bits per heavy atom. The fourth-order valence-corrected chi connectivity index (χ4v) is 0.916. The van der Waals surface area contributed by atoms with E-state index in [0.717, 1.165) is 0 Å². The van der Waals surface area contributed by atoms with Crippen LogP contribution in [-0.2, 0) is 9.53 Å². The van der Waals surface area contributed by atoms with Crippen molar-refractivity contribution in [2.45, 2.75) is 26.7 Å². The Labute approximate surface area is 67.4 Å². The standard InChI is InChI=1S/C8H16O3/c1-4-8(2,5-6-9)7(10)11-3/h9H,4-6H2,1-3H3. The summed E-state index contributed by atoms with van der Waals surface area (Å²) in [4.78, 5) is 11.1. The minimum atomic E-state index is -0.510. The largest absolute Gasteiger partial charge is 0.469 e. The Morgan fingerprint density at radius 3 is 2.45 bits per heavy atom. The summed E-state index contributed by atoms with van der Waals surface area (Å²) in [5.74, 6) is -0.242. The van der Waals surface area contributed by atoms with Gasteiger partial charge in [-0.3, -0.25) is 4.79 Å². The Morgan fingerprint density at radius 2 is 2.18 bits per heavy atom. The van der Waals surface area contributed by atoms with Crippen molar-refractivity contribution in [1.29, 1.82) is 0 Å². The Balaban J connectivity index is 4.19. The highest BCUT2D eigenvalue weighted by Crippen LogP contribution is 2.26. The van der Waals surface area contributed by atoms with Crippen LogP contribution in [0.5, 0.6) is 0 Å². The molecule has 1 unspecified atom stereocenters. The molecule has 0 saturated carbocycles. The van der Waals surface area contributed by atoms with Crippen LogP contribution in [0.4, 0.5) is 0 Å². The Kier molecular flexibility index (Phi) is 4.11. The first-order valence-electron chi connectivity index (χ1n) is 3.80. The summed E-state index contributed by atoms with van der Waals surface area (Å²) in [6.45, 7) is 3.74. The van der Waals surface area contributed by atoms with E-state index in [1.54, 1.807) is 6.92 Å². The third-order valence-electron chi connectivity index (χ3n) is 2.12. The summed E-state index contributed by atoms with van der Waals surface area (Å²) >= 11 is 0. The van der Waals surface area contributed by atoms with Crippen molar-refractivity contribution in [3.63, 3.8) is 0 Å². The zero-order valence-electron chi connectivity index (χ0n) is 7.39. The molecule has 0 spiro atoms. The van der Waals surface area contributed by atoms with Crippen molar-refractivity contribution in [1.82, 2.24) is 0 Å². The summed E-state index contributed by atoms with van der Waals surface area (Å²) in [7, 11) is 1.37. The van der Waals surface area contributed by atoms with Gasteiger partial charge in [0.1, 0.15) is 0 Å². The molecule has 3 heteroatoms. The van der Waals surface area contributed by atoms with Gasteiger partial charge in [0.25, 0.3) is 0 Å². The highest BCUT2D eigenvalue weighted by Gasteiger charge is 2.31. The van der Waals surface area contributed by atoms with E-state index >= 15 is 0 Å². The lowest BCUT2D eigenvalue weighted by Crippen LogP contribution is -2.29. The smallest absolute Gasteiger partial charge is 0.311 e. The lowest BCUT2D eigenvalue weighted by atomic mass is 9.84. The number of aliphatic hydroxyl groups is 1. The van der Waals surface area contributed by atoms with Crippen molar-refractivity contribution in [2.24, 2.45) is 5.41 Å². The normalized spacial score (nSPS) is 15.6. The summed E-state index contributed by atoms with van der Waals surface area (Å²) in [5.41, 5.74) is -0.510. The first-order chi connectivity index (χ1) is 5.10. The second-order valence-electron chi connectivity index (χ2n) is 2.88. The predicted octanol–water partition coefficient (Wildman–Crippen LogP) is 0.958. The van der Waals surface area contributed by atoms with Crippen molar-refractivity contribution in [2.75, 3.05) is 13.7 Å². The van der Waals surface area contributed by atoms with E-state index in [1.165, 1.54) is 7.11 Å². The summed E-state index contributed by atoms with van der Waals surface area (Å²) in [6, 6.07) is 0. The first kappa shape index (κ1) is 10.4. The number of hydrogen-bond donors (Lipinski definition) is 1. The van der Waals surface area contributed by atoms with Crippen molar-refractivity contribution in [3.8, 4) is 0 Å². The van der Waals surface area contributed by atoms with Crippen LogP contribution in [0.15, 0.2) is 0 Å². The van der Waals surface area contributed by atoms with Gasteiger partial charge in [0.15, 0.2) is 0 Å². The molecule has 0 aromatic heterocycles. The zero-order chi connectivity index (χ0) is 8.91. The zero-order valence-corrected chi connectivity index (χ0v) is 7.39. The highest BCUT2D eigenvalue weighted by atomic mass is 16.5. The van der Waals surface area contributed by atoms with E-state index in [4.69, 9.17) is 5.11 Å². The summed E-state index contributed by atoms with van der Waals surface area (Å²) < 4.78 is 4.61. The Bertz CT molecular complexity index is 133. The van der Waals surface area contributed by atoms with Gasteiger partial charge in [0.2, 0.25) is 0 Å². The minimum absolute atomic E-state index is 0.0272. The molecular weight excluding hydrogens is 144 g/mol. The van der Waals surface area contributed by atoms with Crippen LogP contribution in [0, 0.1) is 5.41 Å². The molecule has 0 aliphatic rings. The molecule has 0 radical (unpaired) electrons. The molecule has 0 saturated heterocycles. The van der Waals surface area contributed by atoms with Crippen LogP contribution in [0.3, 0.4) is 0 Å². The van der Waals surface area contributed by atoms with Crippen molar-refractivity contribution < 1.29 is 14.6 Å². The van der Waals surface area contributed by atoms with Crippen LogP contribution >= 0.6 is 0 Å². The minimum Gasteiger partial charge on any atom is -0.469 e. The molecule has 11 heavy (non-hydrogen) atoms. The average Bonchev–Trinajstić information content (AvgIpc) is 2.03. The number of carbonyl (C=O) groups excluding carboxylic acids is 1. The molecule has 66 valence electrons.